The van der Waals surface area contributed by atoms with E-state index in [1.165, 1.54) is 0 Å². The zero-order valence-corrected chi connectivity index (χ0v) is 9.95. The third-order valence-corrected chi connectivity index (χ3v) is 5.94. The maximum absolute atomic E-state index is 6.05. The molecule has 0 aromatic heterocycles. The average Bonchev–Trinajstić information content (AvgIpc) is 2.49. The second-order valence-electron chi connectivity index (χ2n) is 4.43. The number of hydrogen-bond donors (Lipinski definition) is 0. The Bertz CT molecular complexity index is 221. The summed E-state index contributed by atoms with van der Waals surface area (Å²) >= 11 is 24.2. The van der Waals surface area contributed by atoms with Gasteiger partial charge < -0.3 is 0 Å². The Hall–Kier alpha value is 1.16. The van der Waals surface area contributed by atoms with E-state index in [1.54, 1.807) is 0 Å². The predicted molar refractivity (Wildman–Crippen MR) is 54.3 cm³/mol. The first-order chi connectivity index (χ1) is 5.16. The molecule has 4 heteroatoms. The van der Waals surface area contributed by atoms with Crippen molar-refractivity contribution in [2.75, 3.05) is 0 Å². The van der Waals surface area contributed by atoms with E-state index in [2.05, 4.69) is 13.8 Å². The second kappa shape index (κ2) is 2.05. The summed E-state index contributed by atoms with van der Waals surface area (Å²) in [6.07, 6.45) is 1.58. The second-order valence-corrected chi connectivity index (χ2v) is 7.39. The normalized spacial score (nSPS) is 53.5. The van der Waals surface area contributed by atoms with Gasteiger partial charge in [0.2, 0.25) is 0 Å². The van der Waals surface area contributed by atoms with Crippen LogP contribution in [0.15, 0.2) is 0 Å². The van der Waals surface area contributed by atoms with E-state index in [0.717, 1.165) is 12.8 Å². The van der Waals surface area contributed by atoms with Crippen molar-refractivity contribution in [1.82, 2.24) is 0 Å². The van der Waals surface area contributed by atoms with Crippen molar-refractivity contribution < 1.29 is 0 Å². The summed E-state index contributed by atoms with van der Waals surface area (Å²) in [5.41, 5.74) is -0.209. The van der Waals surface area contributed by atoms with Crippen LogP contribution in [-0.4, -0.2) is 8.67 Å². The third-order valence-electron chi connectivity index (χ3n) is 3.73. The summed E-state index contributed by atoms with van der Waals surface area (Å²) in [5.74, 6) is 0. The van der Waals surface area contributed by atoms with Crippen molar-refractivity contribution in [2.24, 2.45) is 10.8 Å². The van der Waals surface area contributed by atoms with Crippen LogP contribution >= 0.6 is 46.4 Å². The lowest BCUT2D eigenvalue weighted by Crippen LogP contribution is -2.22. The van der Waals surface area contributed by atoms with Gasteiger partial charge in [0.05, 0.1) is 0 Å². The van der Waals surface area contributed by atoms with Crippen molar-refractivity contribution in [3.05, 3.63) is 0 Å². The van der Waals surface area contributed by atoms with Crippen LogP contribution in [0.3, 0.4) is 0 Å². The molecule has 0 heterocycles. The van der Waals surface area contributed by atoms with E-state index < -0.39 is 8.67 Å². The molecule has 0 aromatic rings. The van der Waals surface area contributed by atoms with Gasteiger partial charge in [0.15, 0.2) is 0 Å². The molecule has 0 N–H and O–H groups in total. The highest BCUT2D eigenvalue weighted by Crippen LogP contribution is 2.84. The molecule has 2 saturated carbocycles. The van der Waals surface area contributed by atoms with Crippen LogP contribution in [0.5, 0.6) is 0 Å². The summed E-state index contributed by atoms with van der Waals surface area (Å²) in [4.78, 5) is 0. The molecule has 0 saturated heterocycles. The Kier molecular flexibility index (Phi) is 1.66. The van der Waals surface area contributed by atoms with E-state index in [9.17, 15) is 0 Å². The lowest BCUT2D eigenvalue weighted by atomic mass is 9.89. The SMILES string of the molecule is CC1(C2(C)CC2(Cl)Cl)CC1(Cl)Cl. The molecule has 0 bridgehead atoms. The molecule has 2 fully saturated rings. The largest absolute Gasteiger partial charge is 0.125 e. The molecule has 2 aliphatic rings. The summed E-state index contributed by atoms with van der Waals surface area (Å²) in [7, 11) is 0. The summed E-state index contributed by atoms with van der Waals surface area (Å²) in [6.45, 7) is 4.11. The Morgan fingerprint density at radius 3 is 1.00 bits per heavy atom. The van der Waals surface area contributed by atoms with Gasteiger partial charge in [-0.05, 0) is 12.8 Å². The van der Waals surface area contributed by atoms with Crippen molar-refractivity contribution >= 4 is 46.4 Å². The van der Waals surface area contributed by atoms with Crippen molar-refractivity contribution in [2.45, 2.75) is 35.4 Å². The fourth-order valence-corrected chi connectivity index (χ4v) is 3.90. The first-order valence-corrected chi connectivity index (χ1v) is 5.43. The summed E-state index contributed by atoms with van der Waals surface area (Å²) in [5, 5.41) is 0. The minimum Gasteiger partial charge on any atom is -0.101 e. The van der Waals surface area contributed by atoms with Crippen molar-refractivity contribution in [3.8, 4) is 0 Å². The lowest BCUT2D eigenvalue weighted by Gasteiger charge is -2.22. The molecule has 2 rings (SSSR count). The van der Waals surface area contributed by atoms with E-state index >= 15 is 0 Å². The van der Waals surface area contributed by atoms with Crippen LogP contribution in [0.25, 0.3) is 0 Å². The predicted octanol–water partition coefficient (Wildman–Crippen LogP) is 4.15. The van der Waals surface area contributed by atoms with Gasteiger partial charge in [-0.1, -0.05) is 13.8 Å². The first-order valence-electron chi connectivity index (χ1n) is 3.92. The minimum absolute atomic E-state index is 0.105. The molecule has 0 aromatic carbocycles. The van der Waals surface area contributed by atoms with E-state index in [0.29, 0.717) is 0 Å². The van der Waals surface area contributed by atoms with E-state index in [1.807, 2.05) is 0 Å². The van der Waals surface area contributed by atoms with Gasteiger partial charge in [-0.3, -0.25) is 0 Å². The van der Waals surface area contributed by atoms with Crippen LogP contribution < -0.4 is 0 Å². The lowest BCUT2D eigenvalue weighted by molar-refractivity contribution is 0.330. The Balaban J connectivity index is 2.25. The topological polar surface area (TPSA) is 0 Å². The van der Waals surface area contributed by atoms with Gasteiger partial charge in [-0.15, -0.1) is 46.4 Å². The average molecular weight is 248 g/mol. The molecule has 0 amide bonds. The van der Waals surface area contributed by atoms with Crippen LogP contribution in [0, 0.1) is 10.8 Å². The van der Waals surface area contributed by atoms with Crippen LogP contribution in [-0.2, 0) is 0 Å². The minimum atomic E-state index is -0.618. The molecule has 2 unspecified atom stereocenters. The molecular weight excluding hydrogens is 238 g/mol. The maximum Gasteiger partial charge on any atom is 0.125 e. The number of hydrogen-bond acceptors (Lipinski definition) is 0. The first kappa shape index (κ1) is 9.71. The molecule has 0 nitrogen and oxygen atoms in total. The molecule has 70 valence electrons. The molecule has 0 aliphatic heterocycles. The highest BCUT2D eigenvalue weighted by atomic mass is 35.5. The molecule has 0 radical (unpaired) electrons. The number of halogens is 4. The number of alkyl halides is 4. The molecule has 12 heavy (non-hydrogen) atoms. The van der Waals surface area contributed by atoms with Gasteiger partial charge in [0.25, 0.3) is 0 Å². The van der Waals surface area contributed by atoms with Gasteiger partial charge >= 0.3 is 0 Å². The van der Waals surface area contributed by atoms with Crippen LogP contribution in [0.2, 0.25) is 0 Å². The molecule has 2 atom stereocenters. The fraction of sp³-hybridized carbons (Fsp3) is 1.00. The van der Waals surface area contributed by atoms with E-state index in [-0.39, 0.29) is 10.8 Å². The van der Waals surface area contributed by atoms with Crippen molar-refractivity contribution in [3.63, 3.8) is 0 Å². The highest BCUT2D eigenvalue weighted by Gasteiger charge is 2.82. The standard InChI is InChI=1S/C8H10Cl4/c1-5(3-7(5,9)10)6(2)4-8(6,11)12/h3-4H2,1-2H3. The van der Waals surface area contributed by atoms with Gasteiger partial charge in [0.1, 0.15) is 8.67 Å². The molecule has 2 aliphatic carbocycles. The smallest absolute Gasteiger partial charge is 0.101 e. The number of rotatable bonds is 1. The Morgan fingerprint density at radius 1 is 0.750 bits per heavy atom. The highest BCUT2D eigenvalue weighted by molar-refractivity contribution is 6.54. The Labute approximate surface area is 92.5 Å². The maximum atomic E-state index is 6.05. The third kappa shape index (κ3) is 0.881. The zero-order valence-electron chi connectivity index (χ0n) is 6.93. The van der Waals surface area contributed by atoms with Gasteiger partial charge in [-0.2, -0.15) is 0 Å². The van der Waals surface area contributed by atoms with Crippen LogP contribution in [0.1, 0.15) is 26.7 Å². The summed E-state index contributed by atoms with van der Waals surface area (Å²) in [6, 6.07) is 0. The zero-order chi connectivity index (χ0) is 9.41. The molecular formula is C8H10Cl4. The summed E-state index contributed by atoms with van der Waals surface area (Å²) < 4.78 is -1.24. The van der Waals surface area contributed by atoms with Gasteiger partial charge in [0, 0.05) is 10.8 Å². The van der Waals surface area contributed by atoms with Crippen LogP contribution in [0.4, 0.5) is 0 Å². The fourth-order valence-electron chi connectivity index (χ4n) is 2.00. The van der Waals surface area contributed by atoms with Gasteiger partial charge in [-0.25, -0.2) is 0 Å². The van der Waals surface area contributed by atoms with Crippen molar-refractivity contribution in [1.29, 1.82) is 0 Å². The van der Waals surface area contributed by atoms with E-state index in [4.69, 9.17) is 46.4 Å². The Morgan fingerprint density at radius 2 is 0.917 bits per heavy atom. The quantitative estimate of drug-likeness (QED) is 0.611. The molecule has 0 spiro atoms. The monoisotopic (exact) mass is 246 g/mol.